The number of fused-ring (bicyclic) bond motifs is 2. The fourth-order valence-electron chi connectivity index (χ4n) is 3.57. The number of halogens is 3. The van der Waals surface area contributed by atoms with Crippen molar-refractivity contribution < 1.29 is 13.6 Å². The largest absolute Gasteiger partial charge is 0.308 e. The number of nitrogens with zero attached hydrogens (tertiary/aromatic N) is 6. The topological polar surface area (TPSA) is 98.5 Å². The molecule has 8 nitrogen and oxygen atoms in total. The Morgan fingerprint density at radius 1 is 1.19 bits per heavy atom. The number of anilines is 1. The molecule has 1 amide bonds. The fraction of sp³-hybridized carbons (Fsp3) is 0.238. The quantitative estimate of drug-likeness (QED) is 0.393. The van der Waals surface area contributed by atoms with Crippen molar-refractivity contribution in [3.8, 4) is 11.5 Å². The van der Waals surface area contributed by atoms with Crippen LogP contribution in [0.2, 0.25) is 0 Å². The summed E-state index contributed by atoms with van der Waals surface area (Å²) in [5.74, 6) is -1.54. The zero-order valence-corrected chi connectivity index (χ0v) is 19.4. The van der Waals surface area contributed by atoms with Crippen LogP contribution in [0.3, 0.4) is 0 Å². The van der Waals surface area contributed by atoms with Crippen LogP contribution in [-0.2, 0) is 16.8 Å². The van der Waals surface area contributed by atoms with Crippen molar-refractivity contribution in [2.75, 3.05) is 5.32 Å². The van der Waals surface area contributed by atoms with Gasteiger partial charge in [-0.2, -0.15) is 5.10 Å². The molecule has 5 rings (SSSR count). The third-order valence-electron chi connectivity index (χ3n) is 5.49. The molecule has 4 heterocycles. The number of carbonyl (C=O) groups excluding carboxylic acids is 1. The number of benzene rings is 1. The third-order valence-corrected chi connectivity index (χ3v) is 6.59. The van der Waals surface area contributed by atoms with Crippen molar-refractivity contribution in [2.24, 2.45) is 0 Å². The average molecular weight is 547 g/mol. The van der Waals surface area contributed by atoms with Crippen molar-refractivity contribution in [1.29, 1.82) is 0 Å². The Bertz CT molecular complexity index is 1430. The second-order valence-corrected chi connectivity index (χ2v) is 9.22. The summed E-state index contributed by atoms with van der Waals surface area (Å²) in [5, 5.41) is 16.4. The van der Waals surface area contributed by atoms with E-state index in [1.807, 2.05) is 13.0 Å². The summed E-state index contributed by atoms with van der Waals surface area (Å²) in [6.07, 6.45) is 0. The summed E-state index contributed by atoms with van der Waals surface area (Å²) in [4.78, 5) is 21.3. The van der Waals surface area contributed by atoms with E-state index in [4.69, 9.17) is 0 Å². The van der Waals surface area contributed by atoms with Crippen LogP contribution >= 0.6 is 22.6 Å². The van der Waals surface area contributed by atoms with Gasteiger partial charge in [0.2, 0.25) is 11.7 Å². The summed E-state index contributed by atoms with van der Waals surface area (Å²) in [6.45, 7) is 5.31. The highest BCUT2D eigenvalue weighted by molar-refractivity contribution is 14.1. The first kappa shape index (κ1) is 20.8. The average Bonchev–Trinajstić information content (AvgIpc) is 3.19. The molecule has 0 saturated carbocycles. The van der Waals surface area contributed by atoms with E-state index < -0.39 is 17.0 Å². The van der Waals surface area contributed by atoms with Gasteiger partial charge in [-0.05, 0) is 55.5 Å². The van der Waals surface area contributed by atoms with Gasteiger partial charge in [0.15, 0.2) is 23.1 Å². The van der Waals surface area contributed by atoms with Gasteiger partial charge in [0, 0.05) is 9.13 Å². The van der Waals surface area contributed by atoms with E-state index in [1.165, 1.54) is 16.8 Å². The van der Waals surface area contributed by atoms with Gasteiger partial charge in [0.05, 0.1) is 23.0 Å². The molecule has 0 spiro atoms. The second kappa shape index (κ2) is 7.22. The SMILES string of the molecule is Cc1nc2c(cc1I)c(-c1nnc3c(n1)NC(=O)C3(C)C)nn2Cc1cccc(F)c1F. The Kier molecular flexibility index (Phi) is 4.69. The van der Waals surface area contributed by atoms with Crippen molar-refractivity contribution in [3.63, 3.8) is 0 Å². The van der Waals surface area contributed by atoms with Gasteiger partial charge in [-0.15, -0.1) is 10.2 Å². The van der Waals surface area contributed by atoms with Crippen LogP contribution in [0.25, 0.3) is 22.6 Å². The summed E-state index contributed by atoms with van der Waals surface area (Å²) < 4.78 is 30.4. The van der Waals surface area contributed by atoms with Crippen LogP contribution in [0.15, 0.2) is 24.3 Å². The first-order valence-corrected chi connectivity index (χ1v) is 10.8. The molecule has 0 unspecified atom stereocenters. The fourth-order valence-corrected chi connectivity index (χ4v) is 4.01. The van der Waals surface area contributed by atoms with Gasteiger partial charge in [-0.1, -0.05) is 12.1 Å². The van der Waals surface area contributed by atoms with Crippen LogP contribution in [0.5, 0.6) is 0 Å². The van der Waals surface area contributed by atoms with E-state index in [9.17, 15) is 13.6 Å². The number of pyridine rings is 1. The van der Waals surface area contributed by atoms with Crippen molar-refractivity contribution in [3.05, 3.63) is 56.4 Å². The molecule has 3 aromatic heterocycles. The minimum Gasteiger partial charge on any atom is -0.308 e. The van der Waals surface area contributed by atoms with Gasteiger partial charge in [0.1, 0.15) is 11.4 Å². The third kappa shape index (κ3) is 3.14. The minimum absolute atomic E-state index is 0.0325. The van der Waals surface area contributed by atoms with E-state index in [0.717, 1.165) is 15.3 Å². The smallest absolute Gasteiger partial charge is 0.237 e. The monoisotopic (exact) mass is 547 g/mol. The van der Waals surface area contributed by atoms with Gasteiger partial charge >= 0.3 is 0 Å². The number of carbonyl (C=O) groups is 1. The number of hydrogen-bond donors (Lipinski definition) is 1. The molecular formula is C21H16F2IN7O. The van der Waals surface area contributed by atoms with E-state index in [-0.39, 0.29) is 23.8 Å². The van der Waals surface area contributed by atoms with Crippen LogP contribution in [-0.4, -0.2) is 35.9 Å². The first-order valence-electron chi connectivity index (χ1n) is 9.70. The maximum absolute atomic E-state index is 14.3. The zero-order valence-electron chi connectivity index (χ0n) is 17.2. The standard InChI is InChI=1S/C21H16F2IN7O/c1-9-13(24)7-11-15(17-26-18-16(28-29-17)21(2,3)20(32)27-18)30-31(19(11)25-9)8-10-5-4-6-12(22)14(10)23/h4-7H,8H2,1-3H3,(H,26,27,29,32). The van der Waals surface area contributed by atoms with Gasteiger partial charge in [-0.25, -0.2) is 23.4 Å². The number of nitrogens with one attached hydrogen (secondary N) is 1. The molecule has 32 heavy (non-hydrogen) atoms. The predicted molar refractivity (Wildman–Crippen MR) is 121 cm³/mol. The van der Waals surface area contributed by atoms with E-state index in [0.29, 0.717) is 28.2 Å². The van der Waals surface area contributed by atoms with Crippen LogP contribution in [0.4, 0.5) is 14.6 Å². The lowest BCUT2D eigenvalue weighted by Gasteiger charge is -2.11. The molecule has 1 aromatic carbocycles. The van der Waals surface area contributed by atoms with Crippen LogP contribution in [0.1, 0.15) is 30.8 Å². The van der Waals surface area contributed by atoms with E-state index in [1.54, 1.807) is 13.8 Å². The molecule has 1 N–H and O–H groups in total. The van der Waals surface area contributed by atoms with Gasteiger partial charge in [-0.3, -0.25) is 4.79 Å². The predicted octanol–water partition coefficient (Wildman–Crippen LogP) is 3.75. The Balaban J connectivity index is 1.68. The maximum Gasteiger partial charge on any atom is 0.237 e. The lowest BCUT2D eigenvalue weighted by Crippen LogP contribution is -2.27. The molecule has 0 aliphatic carbocycles. The Hall–Kier alpha value is -3.09. The van der Waals surface area contributed by atoms with Crippen LogP contribution < -0.4 is 5.32 Å². The Morgan fingerprint density at radius 2 is 1.97 bits per heavy atom. The molecule has 0 bridgehead atoms. The molecule has 0 saturated heterocycles. The van der Waals surface area contributed by atoms with E-state index >= 15 is 0 Å². The summed E-state index contributed by atoms with van der Waals surface area (Å²) in [5.41, 5.74) is 1.40. The Morgan fingerprint density at radius 3 is 2.75 bits per heavy atom. The highest BCUT2D eigenvalue weighted by Crippen LogP contribution is 2.35. The maximum atomic E-state index is 14.3. The van der Waals surface area contributed by atoms with E-state index in [2.05, 4.69) is 53.2 Å². The van der Waals surface area contributed by atoms with Gasteiger partial charge in [0.25, 0.3) is 0 Å². The molecule has 4 aromatic rings. The highest BCUT2D eigenvalue weighted by atomic mass is 127. The number of aryl methyl sites for hydroxylation is 1. The van der Waals surface area contributed by atoms with Crippen molar-refractivity contribution >= 4 is 45.3 Å². The zero-order chi connectivity index (χ0) is 22.8. The lowest BCUT2D eigenvalue weighted by molar-refractivity contribution is -0.119. The first-order chi connectivity index (χ1) is 15.2. The van der Waals surface area contributed by atoms with Crippen molar-refractivity contribution in [2.45, 2.75) is 32.7 Å². The Labute approximate surface area is 194 Å². The molecule has 162 valence electrons. The normalized spacial score (nSPS) is 14.6. The molecule has 0 fully saturated rings. The number of hydrogen-bond acceptors (Lipinski definition) is 6. The molecule has 11 heteroatoms. The number of rotatable bonds is 3. The summed E-state index contributed by atoms with van der Waals surface area (Å²) >= 11 is 2.16. The number of amides is 1. The molecule has 1 aliphatic rings. The molecular weight excluding hydrogens is 531 g/mol. The number of aromatic nitrogens is 6. The summed E-state index contributed by atoms with van der Waals surface area (Å²) in [7, 11) is 0. The van der Waals surface area contributed by atoms with Crippen molar-refractivity contribution in [1.82, 2.24) is 29.9 Å². The molecule has 0 atom stereocenters. The molecule has 1 aliphatic heterocycles. The highest BCUT2D eigenvalue weighted by Gasteiger charge is 2.42. The second-order valence-electron chi connectivity index (χ2n) is 8.06. The molecule has 0 radical (unpaired) electrons. The lowest BCUT2D eigenvalue weighted by atomic mass is 9.91. The van der Waals surface area contributed by atoms with Crippen LogP contribution in [0, 0.1) is 22.1 Å². The minimum atomic E-state index is -0.930. The van der Waals surface area contributed by atoms with Gasteiger partial charge < -0.3 is 5.32 Å². The summed E-state index contributed by atoms with van der Waals surface area (Å²) in [6, 6.07) is 5.89.